The van der Waals surface area contributed by atoms with Crippen LogP contribution in [0.4, 0.5) is 5.95 Å². The van der Waals surface area contributed by atoms with E-state index in [2.05, 4.69) is 31.0 Å². The molecule has 13 heteroatoms. The molecule has 0 radical (unpaired) electrons. The van der Waals surface area contributed by atoms with Gasteiger partial charge in [-0.05, 0) is 41.1 Å². The Labute approximate surface area is 254 Å². The van der Waals surface area contributed by atoms with Crippen molar-refractivity contribution in [3.05, 3.63) is 106 Å². The number of anilines is 1. The first kappa shape index (κ1) is 27.9. The number of carbonyl (C=O) groups excluding carboxylic acids is 1. The van der Waals surface area contributed by atoms with Gasteiger partial charge < -0.3 is 14.8 Å². The van der Waals surface area contributed by atoms with Gasteiger partial charge in [0.25, 0.3) is 0 Å². The molecule has 0 fully saturated rings. The number of carbonyl (C=O) groups is 1. The molecule has 42 heavy (non-hydrogen) atoms. The summed E-state index contributed by atoms with van der Waals surface area (Å²) in [5.74, 6) is 0.954. The van der Waals surface area contributed by atoms with E-state index in [-0.39, 0.29) is 6.61 Å². The molecule has 2 aromatic heterocycles. The van der Waals surface area contributed by atoms with Crippen molar-refractivity contribution in [1.29, 1.82) is 0 Å². The molecule has 5 aromatic rings. The number of hydrogen-bond donors (Lipinski definition) is 1. The molecule has 1 aliphatic rings. The minimum atomic E-state index is -0.649. The second-order valence-electron chi connectivity index (χ2n) is 9.07. The summed E-state index contributed by atoms with van der Waals surface area (Å²) in [5, 5.41) is 25.6. The summed E-state index contributed by atoms with van der Waals surface area (Å²) in [6.07, 6.45) is 0. The van der Waals surface area contributed by atoms with E-state index in [1.165, 1.54) is 23.1 Å². The van der Waals surface area contributed by atoms with Crippen LogP contribution in [0.1, 0.15) is 24.1 Å². The monoisotopic (exact) mass is 617 g/mol. The SMILES string of the molecule is CCOC(=O)C1=C(CSc2nnc(-c3ccccc3)s2)Nc2nnnn2C1c1cccc(OCc2ccccc2Cl)c1. The average Bonchev–Trinajstić information content (AvgIpc) is 3.69. The van der Waals surface area contributed by atoms with Crippen molar-refractivity contribution >= 4 is 46.6 Å². The number of halogens is 1. The number of nitrogens with zero attached hydrogens (tertiary/aromatic N) is 6. The van der Waals surface area contributed by atoms with Crippen LogP contribution >= 0.6 is 34.7 Å². The average molecular weight is 618 g/mol. The van der Waals surface area contributed by atoms with Crippen LogP contribution in [0.25, 0.3) is 10.6 Å². The van der Waals surface area contributed by atoms with Crippen molar-refractivity contribution in [1.82, 2.24) is 30.4 Å². The number of fused-ring (bicyclic) bond motifs is 1. The maximum absolute atomic E-state index is 13.5. The topological polar surface area (TPSA) is 117 Å². The maximum atomic E-state index is 13.5. The zero-order valence-electron chi connectivity index (χ0n) is 22.3. The fourth-order valence-corrected chi connectivity index (χ4v) is 6.47. The number of tetrazole rings is 1. The lowest BCUT2D eigenvalue weighted by Gasteiger charge is -2.28. The molecule has 0 spiro atoms. The molecule has 1 unspecified atom stereocenters. The molecular formula is C29H24ClN7O3S2. The molecular weight excluding hydrogens is 594 g/mol. The van der Waals surface area contributed by atoms with E-state index in [1.807, 2.05) is 78.9 Å². The molecule has 1 aliphatic heterocycles. The quantitative estimate of drug-likeness (QED) is 0.147. The van der Waals surface area contributed by atoms with Gasteiger partial charge in [-0.2, -0.15) is 4.68 Å². The second kappa shape index (κ2) is 12.7. The van der Waals surface area contributed by atoms with Crippen LogP contribution in [0.15, 0.2) is 94.5 Å². The normalized spacial score (nSPS) is 14.3. The van der Waals surface area contributed by atoms with Crippen LogP contribution in [0, 0.1) is 0 Å². The van der Waals surface area contributed by atoms with Crippen molar-refractivity contribution in [2.24, 2.45) is 0 Å². The third-order valence-electron chi connectivity index (χ3n) is 6.39. The van der Waals surface area contributed by atoms with E-state index in [0.717, 1.165) is 26.0 Å². The van der Waals surface area contributed by atoms with Gasteiger partial charge >= 0.3 is 5.97 Å². The summed E-state index contributed by atoms with van der Waals surface area (Å²) in [7, 11) is 0. The lowest BCUT2D eigenvalue weighted by molar-refractivity contribution is -0.139. The molecule has 3 aromatic carbocycles. The maximum Gasteiger partial charge on any atom is 0.338 e. The predicted octanol–water partition coefficient (Wildman–Crippen LogP) is 6.05. The van der Waals surface area contributed by atoms with Crippen molar-refractivity contribution in [3.63, 3.8) is 0 Å². The fraction of sp³-hybridized carbons (Fsp3) is 0.172. The van der Waals surface area contributed by atoms with Gasteiger partial charge in [-0.3, -0.25) is 0 Å². The van der Waals surface area contributed by atoms with Crippen molar-refractivity contribution < 1.29 is 14.3 Å². The van der Waals surface area contributed by atoms with E-state index < -0.39 is 12.0 Å². The first-order valence-corrected chi connectivity index (χ1v) is 15.2. The standard InChI is InChI=1S/C29H24ClN7O3S2/c1-2-39-27(38)24-23(17-41-29-34-32-26(42-29)18-9-4-3-5-10-18)31-28-33-35-36-37(28)25(24)19-12-8-13-21(15-19)40-16-20-11-6-7-14-22(20)30/h3-15,25H,2,16-17H2,1H3,(H,31,33,36). The van der Waals surface area contributed by atoms with Crippen molar-refractivity contribution in [2.75, 3.05) is 17.7 Å². The summed E-state index contributed by atoms with van der Waals surface area (Å²) in [4.78, 5) is 13.5. The summed E-state index contributed by atoms with van der Waals surface area (Å²) >= 11 is 9.27. The van der Waals surface area contributed by atoms with E-state index in [0.29, 0.717) is 40.4 Å². The number of esters is 1. The van der Waals surface area contributed by atoms with Crippen LogP contribution in [-0.4, -0.2) is 48.7 Å². The highest BCUT2D eigenvalue weighted by molar-refractivity contribution is 8.01. The van der Waals surface area contributed by atoms with Crippen LogP contribution in [-0.2, 0) is 16.1 Å². The van der Waals surface area contributed by atoms with Crippen LogP contribution in [0.5, 0.6) is 5.75 Å². The van der Waals surface area contributed by atoms with Gasteiger partial charge in [-0.25, -0.2) is 4.79 Å². The van der Waals surface area contributed by atoms with Gasteiger partial charge in [0.2, 0.25) is 5.95 Å². The smallest absolute Gasteiger partial charge is 0.338 e. The minimum absolute atomic E-state index is 0.218. The zero-order valence-corrected chi connectivity index (χ0v) is 24.7. The van der Waals surface area contributed by atoms with Gasteiger partial charge in [0.15, 0.2) is 4.34 Å². The number of ether oxygens (including phenoxy) is 2. The number of rotatable bonds is 10. The predicted molar refractivity (Wildman–Crippen MR) is 162 cm³/mol. The molecule has 0 amide bonds. The van der Waals surface area contributed by atoms with Crippen molar-refractivity contribution in [3.8, 4) is 16.3 Å². The molecule has 0 saturated carbocycles. The summed E-state index contributed by atoms with van der Waals surface area (Å²) in [6, 6.07) is 24.3. The zero-order chi connectivity index (χ0) is 28.9. The first-order chi connectivity index (χ1) is 20.6. The molecule has 1 atom stereocenters. The third kappa shape index (κ3) is 6.01. The van der Waals surface area contributed by atoms with Crippen LogP contribution < -0.4 is 10.1 Å². The third-order valence-corrected chi connectivity index (χ3v) is 8.89. The van der Waals surface area contributed by atoms with Crippen LogP contribution in [0.2, 0.25) is 5.02 Å². The summed E-state index contributed by atoms with van der Waals surface area (Å²) < 4.78 is 13.9. The molecule has 212 valence electrons. The van der Waals surface area contributed by atoms with Crippen molar-refractivity contribution in [2.45, 2.75) is 23.9 Å². The van der Waals surface area contributed by atoms with Gasteiger partial charge in [-0.15, -0.1) is 10.2 Å². The Morgan fingerprint density at radius 2 is 1.88 bits per heavy atom. The Morgan fingerprint density at radius 3 is 2.71 bits per heavy atom. The number of benzene rings is 3. The highest BCUT2D eigenvalue weighted by Crippen LogP contribution is 2.39. The lowest BCUT2D eigenvalue weighted by Crippen LogP contribution is -2.31. The molecule has 3 heterocycles. The molecule has 1 N–H and O–H groups in total. The Morgan fingerprint density at radius 1 is 1.05 bits per heavy atom. The van der Waals surface area contributed by atoms with E-state index >= 15 is 0 Å². The number of hydrogen-bond acceptors (Lipinski definition) is 11. The number of nitrogens with one attached hydrogen (secondary N) is 1. The Hall–Kier alpha value is -4.26. The number of aromatic nitrogens is 6. The largest absolute Gasteiger partial charge is 0.489 e. The highest BCUT2D eigenvalue weighted by atomic mass is 35.5. The summed E-state index contributed by atoms with van der Waals surface area (Å²) in [6.45, 7) is 2.28. The van der Waals surface area contributed by atoms with Gasteiger partial charge in [0.1, 0.15) is 23.4 Å². The molecule has 0 bridgehead atoms. The minimum Gasteiger partial charge on any atom is -0.489 e. The molecule has 6 rings (SSSR count). The second-order valence-corrected chi connectivity index (χ2v) is 11.7. The van der Waals surface area contributed by atoms with Gasteiger partial charge in [-0.1, -0.05) is 100 Å². The summed E-state index contributed by atoms with van der Waals surface area (Å²) in [5.41, 5.74) is 3.66. The van der Waals surface area contributed by atoms with E-state index in [4.69, 9.17) is 21.1 Å². The molecule has 0 saturated heterocycles. The number of thioether (sulfide) groups is 1. The first-order valence-electron chi connectivity index (χ1n) is 13.0. The van der Waals surface area contributed by atoms with Gasteiger partial charge in [0.05, 0.1) is 12.2 Å². The highest BCUT2D eigenvalue weighted by Gasteiger charge is 2.36. The molecule has 0 aliphatic carbocycles. The Balaban J connectivity index is 1.31. The molecule has 10 nitrogen and oxygen atoms in total. The van der Waals surface area contributed by atoms with Crippen LogP contribution in [0.3, 0.4) is 0 Å². The Kier molecular flexibility index (Phi) is 8.45. The lowest BCUT2D eigenvalue weighted by atomic mass is 9.95. The Bertz CT molecular complexity index is 1740. The van der Waals surface area contributed by atoms with E-state index in [1.54, 1.807) is 11.6 Å². The van der Waals surface area contributed by atoms with Gasteiger partial charge in [0, 0.05) is 27.6 Å². The fourth-order valence-electron chi connectivity index (χ4n) is 4.46. The van der Waals surface area contributed by atoms with E-state index in [9.17, 15) is 4.79 Å².